The number of ether oxygens (including phenoxy) is 1. The molecule has 2 heterocycles. The highest BCUT2D eigenvalue weighted by Crippen LogP contribution is 2.16. The van der Waals surface area contributed by atoms with Crippen molar-refractivity contribution in [3.63, 3.8) is 0 Å². The van der Waals surface area contributed by atoms with E-state index in [1.165, 1.54) is 0 Å². The van der Waals surface area contributed by atoms with Gasteiger partial charge in [-0.1, -0.05) is 0 Å². The van der Waals surface area contributed by atoms with Crippen LogP contribution < -0.4 is 10.6 Å². The summed E-state index contributed by atoms with van der Waals surface area (Å²) in [6.07, 6.45) is 6.32. The van der Waals surface area contributed by atoms with Crippen LogP contribution in [0, 0.1) is 0 Å². The summed E-state index contributed by atoms with van der Waals surface area (Å²) in [5, 5.41) is 5.64. The number of rotatable bonds is 4. The second-order valence-corrected chi connectivity index (χ2v) is 5.08. The predicted octanol–water partition coefficient (Wildman–Crippen LogP) is 0.730. The number of carbonyl (C=O) groups excluding carboxylic acids is 2. The van der Waals surface area contributed by atoms with E-state index in [4.69, 9.17) is 4.74 Å². The maximum absolute atomic E-state index is 11.8. The van der Waals surface area contributed by atoms with Crippen LogP contribution in [0.1, 0.15) is 44.9 Å². The fourth-order valence-electron chi connectivity index (χ4n) is 2.51. The zero-order valence-electron chi connectivity index (χ0n) is 10.7. The van der Waals surface area contributed by atoms with E-state index in [-0.39, 0.29) is 24.0 Å². The average Bonchev–Trinajstić information content (AvgIpc) is 2.80. The fourth-order valence-corrected chi connectivity index (χ4v) is 2.51. The number of hydrogen-bond donors (Lipinski definition) is 2. The molecule has 2 fully saturated rings. The topological polar surface area (TPSA) is 67.4 Å². The number of nitrogens with one attached hydrogen (secondary N) is 2. The maximum atomic E-state index is 11.8. The van der Waals surface area contributed by atoms with E-state index in [1.807, 2.05) is 0 Å². The van der Waals surface area contributed by atoms with Crippen molar-refractivity contribution >= 4 is 11.8 Å². The van der Waals surface area contributed by atoms with Gasteiger partial charge >= 0.3 is 0 Å². The summed E-state index contributed by atoms with van der Waals surface area (Å²) in [6.45, 7) is 1.54. The molecule has 2 saturated heterocycles. The smallest absolute Gasteiger partial charge is 0.242 e. The summed E-state index contributed by atoms with van der Waals surface area (Å²) in [5.41, 5.74) is 0. The van der Waals surface area contributed by atoms with Gasteiger partial charge < -0.3 is 15.4 Å². The summed E-state index contributed by atoms with van der Waals surface area (Å²) in [6, 6.07) is -0.343. The molecule has 0 unspecified atom stereocenters. The van der Waals surface area contributed by atoms with Crippen molar-refractivity contribution in [1.29, 1.82) is 0 Å². The third-order valence-corrected chi connectivity index (χ3v) is 3.59. The molecule has 5 nitrogen and oxygen atoms in total. The van der Waals surface area contributed by atoms with Gasteiger partial charge in [0.25, 0.3) is 0 Å². The van der Waals surface area contributed by atoms with E-state index in [2.05, 4.69) is 10.6 Å². The van der Waals surface area contributed by atoms with Gasteiger partial charge in [0.1, 0.15) is 6.04 Å². The van der Waals surface area contributed by atoms with Gasteiger partial charge in [-0.3, -0.25) is 9.59 Å². The van der Waals surface area contributed by atoms with Gasteiger partial charge in [0.2, 0.25) is 11.8 Å². The van der Waals surface area contributed by atoms with E-state index in [0.717, 1.165) is 51.7 Å². The van der Waals surface area contributed by atoms with E-state index >= 15 is 0 Å². The Bertz CT molecular complexity index is 301. The van der Waals surface area contributed by atoms with Crippen molar-refractivity contribution in [2.75, 3.05) is 13.2 Å². The molecule has 0 radical (unpaired) electrons. The number of hydrogen-bond acceptors (Lipinski definition) is 3. The quantitative estimate of drug-likeness (QED) is 0.777. The van der Waals surface area contributed by atoms with E-state index in [1.54, 1.807) is 0 Å². The van der Waals surface area contributed by atoms with Gasteiger partial charge in [0.05, 0.1) is 6.10 Å². The van der Waals surface area contributed by atoms with Crippen LogP contribution in [0.15, 0.2) is 0 Å². The highest BCUT2D eigenvalue weighted by Gasteiger charge is 2.23. The summed E-state index contributed by atoms with van der Waals surface area (Å²) in [7, 11) is 0. The third kappa shape index (κ3) is 3.98. The number of amides is 2. The highest BCUT2D eigenvalue weighted by molar-refractivity contribution is 5.87. The van der Waals surface area contributed by atoms with Gasteiger partial charge in [-0.05, 0) is 38.5 Å². The second kappa shape index (κ2) is 6.73. The van der Waals surface area contributed by atoms with E-state index in [9.17, 15) is 9.59 Å². The predicted molar refractivity (Wildman–Crippen MR) is 67.0 cm³/mol. The van der Waals surface area contributed by atoms with Crippen LogP contribution in [-0.2, 0) is 14.3 Å². The van der Waals surface area contributed by atoms with Gasteiger partial charge in [-0.15, -0.1) is 0 Å². The third-order valence-electron chi connectivity index (χ3n) is 3.59. The molecule has 2 aliphatic rings. The van der Waals surface area contributed by atoms with Crippen molar-refractivity contribution in [2.24, 2.45) is 0 Å². The van der Waals surface area contributed by atoms with Crippen LogP contribution >= 0.6 is 0 Å². The Balaban J connectivity index is 1.70. The molecule has 2 rings (SSSR count). The fraction of sp³-hybridized carbons (Fsp3) is 0.846. The average molecular weight is 254 g/mol. The molecule has 2 atom stereocenters. The van der Waals surface area contributed by atoms with Crippen LogP contribution in [-0.4, -0.2) is 37.1 Å². The molecule has 0 aromatic heterocycles. The molecule has 5 heteroatoms. The van der Waals surface area contributed by atoms with Gasteiger partial charge in [-0.25, -0.2) is 0 Å². The first-order valence-corrected chi connectivity index (χ1v) is 6.94. The normalized spacial score (nSPS) is 28.6. The Labute approximate surface area is 108 Å². The van der Waals surface area contributed by atoms with Crippen molar-refractivity contribution in [3.8, 4) is 0 Å². The van der Waals surface area contributed by atoms with Gasteiger partial charge in [0, 0.05) is 19.6 Å². The lowest BCUT2D eigenvalue weighted by atomic mass is 10.1. The van der Waals surface area contributed by atoms with Crippen molar-refractivity contribution in [1.82, 2.24) is 10.6 Å². The molecule has 2 aliphatic heterocycles. The number of carbonyl (C=O) groups is 2. The first-order chi connectivity index (χ1) is 8.75. The van der Waals surface area contributed by atoms with Crippen LogP contribution in [0.3, 0.4) is 0 Å². The molecule has 0 bridgehead atoms. The van der Waals surface area contributed by atoms with Crippen LogP contribution in [0.5, 0.6) is 0 Å². The minimum atomic E-state index is -0.343. The minimum Gasteiger partial charge on any atom is -0.378 e. The Hall–Kier alpha value is -1.10. The molecule has 18 heavy (non-hydrogen) atoms. The van der Waals surface area contributed by atoms with E-state index in [0.29, 0.717) is 6.42 Å². The van der Waals surface area contributed by atoms with Crippen LogP contribution in [0.4, 0.5) is 0 Å². The molecule has 2 N–H and O–H groups in total. The van der Waals surface area contributed by atoms with Gasteiger partial charge in [0.15, 0.2) is 0 Å². The Kier molecular flexibility index (Phi) is 4.99. The molecular formula is C13H22N2O3. The Morgan fingerprint density at radius 1 is 1.33 bits per heavy atom. The van der Waals surface area contributed by atoms with Crippen molar-refractivity contribution in [3.05, 3.63) is 0 Å². The highest BCUT2D eigenvalue weighted by atomic mass is 16.5. The molecule has 0 aromatic rings. The molecule has 0 aromatic carbocycles. The summed E-state index contributed by atoms with van der Waals surface area (Å²) >= 11 is 0. The standard InChI is InChI=1S/C13H22N2O3/c16-12(7-6-10-4-3-9-18-10)15-11-5-1-2-8-14-13(11)17/h10-11H,1-9H2,(H,14,17)(H,15,16)/t10-,11+/m0/s1. The SMILES string of the molecule is O=C(CC[C@@H]1CCCO1)N[C@@H]1CCCCNC1=O. The van der Waals surface area contributed by atoms with Crippen LogP contribution in [0.2, 0.25) is 0 Å². The minimum absolute atomic E-state index is 0.0347. The zero-order valence-corrected chi connectivity index (χ0v) is 10.7. The van der Waals surface area contributed by atoms with Gasteiger partial charge in [-0.2, -0.15) is 0 Å². The molecule has 0 aliphatic carbocycles. The lowest BCUT2D eigenvalue weighted by molar-refractivity contribution is -0.129. The van der Waals surface area contributed by atoms with Crippen LogP contribution in [0.25, 0.3) is 0 Å². The van der Waals surface area contributed by atoms with E-state index < -0.39 is 0 Å². The summed E-state index contributed by atoms with van der Waals surface area (Å²) < 4.78 is 5.48. The lowest BCUT2D eigenvalue weighted by Crippen LogP contribution is -2.45. The Morgan fingerprint density at radius 3 is 3.00 bits per heavy atom. The maximum Gasteiger partial charge on any atom is 0.242 e. The summed E-state index contributed by atoms with van der Waals surface area (Å²) in [5.74, 6) is -0.0782. The second-order valence-electron chi connectivity index (χ2n) is 5.08. The summed E-state index contributed by atoms with van der Waals surface area (Å²) in [4.78, 5) is 23.4. The largest absolute Gasteiger partial charge is 0.378 e. The first kappa shape index (κ1) is 13.3. The molecule has 0 saturated carbocycles. The molecule has 0 spiro atoms. The zero-order chi connectivity index (χ0) is 12.8. The first-order valence-electron chi connectivity index (χ1n) is 6.94. The molecule has 102 valence electrons. The molecule has 2 amide bonds. The Morgan fingerprint density at radius 2 is 2.22 bits per heavy atom. The van der Waals surface area contributed by atoms with Crippen molar-refractivity contribution in [2.45, 2.75) is 57.1 Å². The van der Waals surface area contributed by atoms with Crippen molar-refractivity contribution < 1.29 is 14.3 Å². The monoisotopic (exact) mass is 254 g/mol. The lowest BCUT2D eigenvalue weighted by Gasteiger charge is -2.16. The molecular weight excluding hydrogens is 232 g/mol.